The van der Waals surface area contributed by atoms with Crippen LogP contribution in [0.2, 0.25) is 0 Å². The van der Waals surface area contributed by atoms with E-state index in [1.807, 2.05) is 20.8 Å². The van der Waals surface area contributed by atoms with E-state index in [0.29, 0.717) is 19.4 Å². The first-order chi connectivity index (χ1) is 8.85. The van der Waals surface area contributed by atoms with Crippen LogP contribution in [-0.4, -0.2) is 30.7 Å². The van der Waals surface area contributed by atoms with Crippen molar-refractivity contribution in [2.24, 2.45) is 0 Å². The average molecular weight is 272 g/mol. The van der Waals surface area contributed by atoms with Crippen molar-refractivity contribution in [3.8, 4) is 0 Å². The molecule has 0 saturated heterocycles. The summed E-state index contributed by atoms with van der Waals surface area (Å²) in [7, 11) is 0. The van der Waals surface area contributed by atoms with Crippen LogP contribution in [0.15, 0.2) is 0 Å². The van der Waals surface area contributed by atoms with Crippen LogP contribution >= 0.6 is 0 Å². The Labute approximate surface area is 116 Å². The van der Waals surface area contributed by atoms with Gasteiger partial charge < -0.3 is 15.4 Å². The van der Waals surface area contributed by atoms with Crippen molar-refractivity contribution in [1.29, 1.82) is 0 Å². The van der Waals surface area contributed by atoms with E-state index in [1.165, 1.54) is 0 Å². The third kappa shape index (κ3) is 13.0. The normalized spacial score (nSPS) is 10.9. The largest absolute Gasteiger partial charge is 0.444 e. The molecule has 0 bridgehead atoms. The standard InChI is InChI=1S/C14H28N2O3/c1-5-6-7-10-15-12(17)9-8-11-16-13(18)19-14(2,3)4/h5-11H2,1-4H3,(H,15,17)(H,16,18). The molecule has 19 heavy (non-hydrogen) atoms. The summed E-state index contributed by atoms with van der Waals surface area (Å²) < 4.78 is 5.09. The first kappa shape index (κ1) is 17.7. The van der Waals surface area contributed by atoms with Gasteiger partial charge in [-0.25, -0.2) is 4.79 Å². The maximum absolute atomic E-state index is 11.4. The first-order valence-electron chi connectivity index (χ1n) is 7.08. The highest BCUT2D eigenvalue weighted by Gasteiger charge is 2.15. The fraction of sp³-hybridized carbons (Fsp3) is 0.857. The van der Waals surface area contributed by atoms with Crippen LogP contribution < -0.4 is 10.6 Å². The molecule has 0 aromatic rings. The maximum atomic E-state index is 11.4. The van der Waals surface area contributed by atoms with Gasteiger partial charge in [0.1, 0.15) is 5.60 Å². The number of ether oxygens (including phenoxy) is 1. The van der Waals surface area contributed by atoms with Crippen LogP contribution in [0.1, 0.15) is 59.8 Å². The molecule has 0 unspecified atom stereocenters. The highest BCUT2D eigenvalue weighted by molar-refractivity contribution is 5.75. The smallest absolute Gasteiger partial charge is 0.407 e. The summed E-state index contributed by atoms with van der Waals surface area (Å²) in [5.41, 5.74) is -0.485. The molecule has 0 fully saturated rings. The lowest BCUT2D eigenvalue weighted by molar-refractivity contribution is -0.121. The Hall–Kier alpha value is -1.26. The molecular formula is C14H28N2O3. The molecule has 0 aliphatic heterocycles. The lowest BCUT2D eigenvalue weighted by Crippen LogP contribution is -2.33. The quantitative estimate of drug-likeness (QED) is 0.667. The van der Waals surface area contributed by atoms with Crippen molar-refractivity contribution in [1.82, 2.24) is 10.6 Å². The number of carbonyl (C=O) groups excluding carboxylic acids is 2. The molecule has 2 amide bonds. The van der Waals surface area contributed by atoms with Crippen LogP contribution in [0.25, 0.3) is 0 Å². The van der Waals surface area contributed by atoms with E-state index in [1.54, 1.807) is 0 Å². The van der Waals surface area contributed by atoms with E-state index in [2.05, 4.69) is 17.6 Å². The zero-order chi connectivity index (χ0) is 14.7. The topological polar surface area (TPSA) is 67.4 Å². The molecular weight excluding hydrogens is 244 g/mol. The van der Waals surface area contributed by atoms with Gasteiger partial charge in [0.15, 0.2) is 0 Å². The number of unbranched alkanes of at least 4 members (excludes halogenated alkanes) is 2. The Morgan fingerprint density at radius 2 is 1.63 bits per heavy atom. The predicted molar refractivity (Wildman–Crippen MR) is 76.0 cm³/mol. The number of rotatable bonds is 8. The maximum Gasteiger partial charge on any atom is 0.407 e. The summed E-state index contributed by atoms with van der Waals surface area (Å²) in [5, 5.41) is 5.49. The third-order valence-corrected chi connectivity index (χ3v) is 2.35. The summed E-state index contributed by atoms with van der Waals surface area (Å²) >= 11 is 0. The van der Waals surface area contributed by atoms with Crippen molar-refractivity contribution in [3.05, 3.63) is 0 Å². The third-order valence-electron chi connectivity index (χ3n) is 2.35. The summed E-state index contributed by atoms with van der Waals surface area (Å²) in [6, 6.07) is 0. The van der Waals surface area contributed by atoms with Crippen LogP contribution in [0, 0.1) is 0 Å². The molecule has 0 aromatic carbocycles. The van der Waals surface area contributed by atoms with Crippen LogP contribution in [-0.2, 0) is 9.53 Å². The molecule has 5 heteroatoms. The van der Waals surface area contributed by atoms with Gasteiger partial charge in [-0.2, -0.15) is 0 Å². The van der Waals surface area contributed by atoms with Crippen molar-refractivity contribution in [2.75, 3.05) is 13.1 Å². The molecule has 0 radical (unpaired) electrons. The van der Waals surface area contributed by atoms with Crippen LogP contribution in [0.3, 0.4) is 0 Å². The number of hydrogen-bond acceptors (Lipinski definition) is 3. The van der Waals surface area contributed by atoms with E-state index < -0.39 is 11.7 Å². The van der Waals surface area contributed by atoms with Crippen molar-refractivity contribution in [3.63, 3.8) is 0 Å². The number of alkyl carbamates (subject to hydrolysis) is 1. The van der Waals surface area contributed by atoms with Gasteiger partial charge in [-0.1, -0.05) is 19.8 Å². The van der Waals surface area contributed by atoms with Gasteiger partial charge in [-0.05, 0) is 33.6 Å². The molecule has 0 saturated carbocycles. The second-order valence-corrected chi connectivity index (χ2v) is 5.59. The number of carbonyl (C=O) groups is 2. The lowest BCUT2D eigenvalue weighted by Gasteiger charge is -2.19. The van der Waals surface area contributed by atoms with E-state index in [0.717, 1.165) is 25.8 Å². The van der Waals surface area contributed by atoms with Gasteiger partial charge >= 0.3 is 6.09 Å². The zero-order valence-corrected chi connectivity index (χ0v) is 12.7. The monoisotopic (exact) mass is 272 g/mol. The molecule has 0 spiro atoms. The SMILES string of the molecule is CCCCCNC(=O)CCCNC(=O)OC(C)(C)C. The Kier molecular flexibility index (Phi) is 9.00. The molecule has 0 aliphatic rings. The van der Waals surface area contributed by atoms with Crippen LogP contribution in [0.5, 0.6) is 0 Å². The summed E-state index contributed by atoms with van der Waals surface area (Å²) in [6.07, 6.45) is 3.94. The first-order valence-corrected chi connectivity index (χ1v) is 7.08. The van der Waals surface area contributed by atoms with Gasteiger partial charge in [0.05, 0.1) is 0 Å². The minimum absolute atomic E-state index is 0.0436. The van der Waals surface area contributed by atoms with E-state index in [-0.39, 0.29) is 5.91 Å². The highest BCUT2D eigenvalue weighted by atomic mass is 16.6. The fourth-order valence-electron chi connectivity index (χ4n) is 1.44. The number of hydrogen-bond donors (Lipinski definition) is 2. The zero-order valence-electron chi connectivity index (χ0n) is 12.7. The number of nitrogens with one attached hydrogen (secondary N) is 2. The van der Waals surface area contributed by atoms with Gasteiger partial charge in [-0.3, -0.25) is 4.79 Å². The van der Waals surface area contributed by atoms with Gasteiger partial charge in [0.2, 0.25) is 5.91 Å². The second-order valence-electron chi connectivity index (χ2n) is 5.59. The molecule has 0 atom stereocenters. The Balaban J connectivity index is 3.48. The Morgan fingerprint density at radius 1 is 1.00 bits per heavy atom. The van der Waals surface area contributed by atoms with Crippen molar-refractivity contribution < 1.29 is 14.3 Å². The summed E-state index contributed by atoms with van der Waals surface area (Å²) in [6.45, 7) is 8.77. The number of amides is 2. The minimum Gasteiger partial charge on any atom is -0.444 e. The van der Waals surface area contributed by atoms with Crippen LogP contribution in [0.4, 0.5) is 4.79 Å². The Bertz CT molecular complexity index is 272. The molecule has 0 aromatic heterocycles. The highest BCUT2D eigenvalue weighted by Crippen LogP contribution is 2.06. The van der Waals surface area contributed by atoms with Gasteiger partial charge in [-0.15, -0.1) is 0 Å². The molecule has 5 nitrogen and oxygen atoms in total. The van der Waals surface area contributed by atoms with Crippen molar-refractivity contribution in [2.45, 2.75) is 65.4 Å². The summed E-state index contributed by atoms with van der Waals surface area (Å²) in [4.78, 5) is 22.7. The molecule has 0 rings (SSSR count). The Morgan fingerprint density at radius 3 is 2.21 bits per heavy atom. The fourth-order valence-corrected chi connectivity index (χ4v) is 1.44. The molecule has 0 aliphatic carbocycles. The van der Waals surface area contributed by atoms with Gasteiger partial charge in [0, 0.05) is 19.5 Å². The molecule has 0 heterocycles. The average Bonchev–Trinajstić information content (AvgIpc) is 2.28. The van der Waals surface area contributed by atoms with Gasteiger partial charge in [0.25, 0.3) is 0 Å². The minimum atomic E-state index is -0.485. The van der Waals surface area contributed by atoms with E-state index in [9.17, 15) is 9.59 Å². The predicted octanol–water partition coefficient (Wildman–Crippen LogP) is 2.60. The summed E-state index contributed by atoms with van der Waals surface area (Å²) in [5.74, 6) is 0.0436. The lowest BCUT2D eigenvalue weighted by atomic mass is 10.2. The second kappa shape index (κ2) is 9.64. The van der Waals surface area contributed by atoms with E-state index in [4.69, 9.17) is 4.74 Å². The molecule has 112 valence electrons. The van der Waals surface area contributed by atoms with E-state index >= 15 is 0 Å². The molecule has 2 N–H and O–H groups in total. The van der Waals surface area contributed by atoms with Crippen molar-refractivity contribution >= 4 is 12.0 Å².